The molecule has 4 nitrogen and oxygen atoms in total. The van der Waals surface area contributed by atoms with Crippen LogP contribution in [-0.2, 0) is 4.79 Å². The lowest BCUT2D eigenvalue weighted by Gasteiger charge is -2.25. The van der Waals surface area contributed by atoms with E-state index in [1.54, 1.807) is 0 Å². The minimum atomic E-state index is -0.155. The van der Waals surface area contributed by atoms with Crippen molar-refractivity contribution in [3.05, 3.63) is 0 Å². The molecule has 1 aliphatic carbocycles. The van der Waals surface area contributed by atoms with Crippen LogP contribution in [0, 0.1) is 5.92 Å². The van der Waals surface area contributed by atoms with Gasteiger partial charge in [0.25, 0.3) is 0 Å². The van der Waals surface area contributed by atoms with E-state index >= 15 is 0 Å². The Balaban J connectivity index is 2.06. The highest BCUT2D eigenvalue weighted by Crippen LogP contribution is 2.23. The fourth-order valence-corrected chi connectivity index (χ4v) is 2.17. The molecule has 3 N–H and O–H groups in total. The quantitative estimate of drug-likeness (QED) is 0.585. The first-order valence-electron chi connectivity index (χ1n) is 6.37. The number of nitrogens with one attached hydrogen (secondary N) is 2. The van der Waals surface area contributed by atoms with Gasteiger partial charge in [-0.2, -0.15) is 0 Å². The third-order valence-corrected chi connectivity index (χ3v) is 3.12. The fraction of sp³-hybridized carbons (Fsp3) is 0.917. The Morgan fingerprint density at radius 3 is 2.94 bits per heavy atom. The third-order valence-electron chi connectivity index (χ3n) is 3.12. The summed E-state index contributed by atoms with van der Waals surface area (Å²) in [6.07, 6.45) is 4.36. The SMILES string of the molecule is CCNCCC(=O)NCC1CCCC(O)C1. The van der Waals surface area contributed by atoms with E-state index in [4.69, 9.17) is 0 Å². The lowest BCUT2D eigenvalue weighted by atomic mass is 9.87. The summed E-state index contributed by atoms with van der Waals surface area (Å²) < 4.78 is 0. The van der Waals surface area contributed by atoms with E-state index in [9.17, 15) is 9.90 Å². The summed E-state index contributed by atoms with van der Waals surface area (Å²) in [4.78, 5) is 11.4. The van der Waals surface area contributed by atoms with Gasteiger partial charge in [-0.1, -0.05) is 13.3 Å². The summed E-state index contributed by atoms with van der Waals surface area (Å²) >= 11 is 0. The van der Waals surface area contributed by atoms with Gasteiger partial charge in [-0.05, 0) is 31.7 Å². The molecule has 0 heterocycles. The number of aliphatic hydroxyl groups is 1. The van der Waals surface area contributed by atoms with Gasteiger partial charge >= 0.3 is 0 Å². The molecule has 1 fully saturated rings. The first-order chi connectivity index (χ1) is 7.72. The van der Waals surface area contributed by atoms with Crippen LogP contribution in [-0.4, -0.2) is 36.8 Å². The van der Waals surface area contributed by atoms with E-state index in [0.29, 0.717) is 12.3 Å². The number of hydrogen-bond donors (Lipinski definition) is 3. The fourth-order valence-electron chi connectivity index (χ4n) is 2.17. The second kappa shape index (κ2) is 7.63. The summed E-state index contributed by atoms with van der Waals surface area (Å²) in [6.45, 7) is 4.40. The second-order valence-electron chi connectivity index (χ2n) is 4.59. The van der Waals surface area contributed by atoms with Crippen molar-refractivity contribution in [3.63, 3.8) is 0 Å². The Hall–Kier alpha value is -0.610. The minimum Gasteiger partial charge on any atom is -0.393 e. The highest BCUT2D eigenvalue weighted by Gasteiger charge is 2.20. The van der Waals surface area contributed by atoms with Crippen molar-refractivity contribution >= 4 is 5.91 Å². The molecule has 1 aliphatic rings. The van der Waals surface area contributed by atoms with E-state index in [-0.39, 0.29) is 12.0 Å². The van der Waals surface area contributed by atoms with E-state index in [0.717, 1.165) is 45.3 Å². The second-order valence-corrected chi connectivity index (χ2v) is 4.59. The standard InChI is InChI=1S/C12H24N2O2/c1-2-13-7-6-12(16)14-9-10-4-3-5-11(15)8-10/h10-11,13,15H,2-9H2,1H3,(H,14,16). The van der Waals surface area contributed by atoms with Gasteiger partial charge in [-0.25, -0.2) is 0 Å². The van der Waals surface area contributed by atoms with E-state index in [1.807, 2.05) is 6.92 Å². The number of amides is 1. The van der Waals surface area contributed by atoms with Crippen LogP contribution in [0.25, 0.3) is 0 Å². The van der Waals surface area contributed by atoms with Gasteiger partial charge in [-0.3, -0.25) is 4.79 Å². The zero-order chi connectivity index (χ0) is 11.8. The first kappa shape index (κ1) is 13.5. The maximum atomic E-state index is 11.4. The first-order valence-corrected chi connectivity index (χ1v) is 6.37. The molecule has 2 unspecified atom stereocenters. The Kier molecular flexibility index (Phi) is 6.42. The predicted octanol–water partition coefficient (Wildman–Crippen LogP) is 0.653. The Labute approximate surface area is 97.8 Å². The zero-order valence-corrected chi connectivity index (χ0v) is 10.2. The molecule has 0 bridgehead atoms. The largest absolute Gasteiger partial charge is 0.393 e. The molecule has 4 heteroatoms. The Morgan fingerprint density at radius 2 is 2.25 bits per heavy atom. The van der Waals surface area contributed by atoms with Crippen molar-refractivity contribution in [3.8, 4) is 0 Å². The van der Waals surface area contributed by atoms with Crippen molar-refractivity contribution in [1.29, 1.82) is 0 Å². The molecule has 0 spiro atoms. The van der Waals surface area contributed by atoms with Gasteiger partial charge in [0.05, 0.1) is 6.10 Å². The molecule has 2 atom stereocenters. The van der Waals surface area contributed by atoms with Gasteiger partial charge in [0.1, 0.15) is 0 Å². The predicted molar refractivity (Wildman–Crippen MR) is 64.1 cm³/mol. The highest BCUT2D eigenvalue weighted by atomic mass is 16.3. The number of hydrogen-bond acceptors (Lipinski definition) is 3. The summed E-state index contributed by atoms with van der Waals surface area (Å²) in [5, 5.41) is 15.6. The van der Waals surface area contributed by atoms with Gasteiger partial charge in [0, 0.05) is 19.5 Å². The van der Waals surface area contributed by atoms with Crippen LogP contribution in [0.15, 0.2) is 0 Å². The van der Waals surface area contributed by atoms with Crippen LogP contribution in [0.2, 0.25) is 0 Å². The minimum absolute atomic E-state index is 0.112. The summed E-state index contributed by atoms with van der Waals surface area (Å²) in [7, 11) is 0. The number of aliphatic hydroxyl groups excluding tert-OH is 1. The molecule has 1 amide bonds. The Morgan fingerprint density at radius 1 is 1.44 bits per heavy atom. The van der Waals surface area contributed by atoms with Gasteiger partial charge in [0.2, 0.25) is 5.91 Å². The molecule has 0 aromatic heterocycles. The van der Waals surface area contributed by atoms with Crippen LogP contribution < -0.4 is 10.6 Å². The number of carbonyl (C=O) groups is 1. The molecule has 1 saturated carbocycles. The lowest BCUT2D eigenvalue weighted by Crippen LogP contribution is -2.34. The number of carbonyl (C=O) groups excluding carboxylic acids is 1. The van der Waals surface area contributed by atoms with E-state index in [2.05, 4.69) is 10.6 Å². The maximum Gasteiger partial charge on any atom is 0.221 e. The van der Waals surface area contributed by atoms with Gasteiger partial charge < -0.3 is 15.7 Å². The molecule has 0 aromatic carbocycles. The zero-order valence-electron chi connectivity index (χ0n) is 10.2. The summed E-state index contributed by atoms with van der Waals surface area (Å²) in [6, 6.07) is 0. The summed E-state index contributed by atoms with van der Waals surface area (Å²) in [5.74, 6) is 0.577. The average molecular weight is 228 g/mol. The molecule has 0 radical (unpaired) electrons. The van der Waals surface area contributed by atoms with Crippen molar-refractivity contribution < 1.29 is 9.90 Å². The molecule has 0 aromatic rings. The van der Waals surface area contributed by atoms with Crippen molar-refractivity contribution in [1.82, 2.24) is 10.6 Å². The van der Waals surface area contributed by atoms with Crippen molar-refractivity contribution in [2.45, 2.75) is 45.1 Å². The lowest BCUT2D eigenvalue weighted by molar-refractivity contribution is -0.121. The molecule has 0 aliphatic heterocycles. The van der Waals surface area contributed by atoms with E-state index < -0.39 is 0 Å². The molecule has 16 heavy (non-hydrogen) atoms. The van der Waals surface area contributed by atoms with Crippen LogP contribution >= 0.6 is 0 Å². The van der Waals surface area contributed by atoms with Crippen molar-refractivity contribution in [2.75, 3.05) is 19.6 Å². The van der Waals surface area contributed by atoms with E-state index in [1.165, 1.54) is 0 Å². The van der Waals surface area contributed by atoms with Gasteiger partial charge in [0.15, 0.2) is 0 Å². The normalized spacial score (nSPS) is 25.4. The monoisotopic (exact) mass is 228 g/mol. The van der Waals surface area contributed by atoms with Crippen LogP contribution in [0.4, 0.5) is 0 Å². The Bertz CT molecular complexity index is 209. The highest BCUT2D eigenvalue weighted by molar-refractivity contribution is 5.76. The third kappa shape index (κ3) is 5.47. The molecular weight excluding hydrogens is 204 g/mol. The van der Waals surface area contributed by atoms with Gasteiger partial charge in [-0.15, -0.1) is 0 Å². The maximum absolute atomic E-state index is 11.4. The molecule has 94 valence electrons. The average Bonchev–Trinajstić information content (AvgIpc) is 2.27. The van der Waals surface area contributed by atoms with Crippen molar-refractivity contribution in [2.24, 2.45) is 5.92 Å². The topological polar surface area (TPSA) is 61.4 Å². The van der Waals surface area contributed by atoms with Crippen LogP contribution in [0.5, 0.6) is 0 Å². The van der Waals surface area contributed by atoms with Crippen LogP contribution in [0.3, 0.4) is 0 Å². The summed E-state index contributed by atoms with van der Waals surface area (Å²) in [5.41, 5.74) is 0. The number of rotatable bonds is 6. The molecular formula is C12H24N2O2. The molecule has 0 saturated heterocycles. The van der Waals surface area contributed by atoms with Crippen LogP contribution in [0.1, 0.15) is 39.0 Å². The smallest absolute Gasteiger partial charge is 0.221 e. The molecule has 1 rings (SSSR count).